The number of aryl methyl sites for hydroxylation is 1. The van der Waals surface area contributed by atoms with E-state index in [1.54, 1.807) is 9.80 Å². The lowest BCUT2D eigenvalue weighted by molar-refractivity contribution is -0.141. The molecule has 0 fully saturated rings. The van der Waals surface area contributed by atoms with E-state index in [1.165, 1.54) is 12.5 Å². The molecule has 0 saturated carbocycles. The van der Waals surface area contributed by atoms with E-state index in [9.17, 15) is 9.59 Å². The monoisotopic (exact) mass is 370 g/mol. The summed E-state index contributed by atoms with van der Waals surface area (Å²) in [4.78, 5) is 28.4. The van der Waals surface area contributed by atoms with Crippen molar-refractivity contribution in [2.75, 3.05) is 13.1 Å². The summed E-state index contributed by atoms with van der Waals surface area (Å²) in [5.74, 6) is 1.45. The minimum absolute atomic E-state index is 0.0354. The van der Waals surface area contributed by atoms with E-state index in [1.807, 2.05) is 51.1 Å². The third-order valence-corrected chi connectivity index (χ3v) is 4.84. The van der Waals surface area contributed by atoms with Gasteiger partial charge >= 0.3 is 0 Å². The second-order valence-corrected chi connectivity index (χ2v) is 6.97. The molecule has 0 N–H and O–H groups in total. The molecular formula is C22H30N2O3. The first-order valence-electron chi connectivity index (χ1n) is 9.55. The summed E-state index contributed by atoms with van der Waals surface area (Å²) in [6.07, 6.45) is 1.57. The standard InChI is InChI=1S/C22H30N2O3/c1-5-17(2)24(19(4)25)16-22(26)23(15-21-12-11-18(3)27-21)14-13-20-9-7-6-8-10-20/h6-12,17H,5,13-16H2,1-4H3. The minimum atomic E-state index is -0.0745. The van der Waals surface area contributed by atoms with E-state index in [-0.39, 0.29) is 24.4 Å². The van der Waals surface area contributed by atoms with Crippen LogP contribution in [-0.2, 0) is 22.6 Å². The van der Waals surface area contributed by atoms with Crippen molar-refractivity contribution < 1.29 is 14.0 Å². The zero-order valence-electron chi connectivity index (χ0n) is 16.8. The van der Waals surface area contributed by atoms with Crippen LogP contribution >= 0.6 is 0 Å². The van der Waals surface area contributed by atoms with Crippen LogP contribution in [0.1, 0.15) is 44.3 Å². The molecule has 0 aliphatic carbocycles. The Labute approximate surface area is 162 Å². The Morgan fingerprint density at radius 3 is 2.37 bits per heavy atom. The summed E-state index contributed by atoms with van der Waals surface area (Å²) < 4.78 is 5.66. The van der Waals surface area contributed by atoms with Crippen LogP contribution in [0.2, 0.25) is 0 Å². The third kappa shape index (κ3) is 6.27. The second kappa shape index (κ2) is 9.95. The van der Waals surface area contributed by atoms with E-state index < -0.39 is 0 Å². The van der Waals surface area contributed by atoms with Gasteiger partial charge in [-0.2, -0.15) is 0 Å². The predicted molar refractivity (Wildman–Crippen MR) is 106 cm³/mol. The SMILES string of the molecule is CCC(C)N(CC(=O)N(CCc1ccccc1)Cc1ccc(C)o1)C(C)=O. The maximum atomic E-state index is 13.0. The fourth-order valence-electron chi connectivity index (χ4n) is 3.00. The zero-order chi connectivity index (χ0) is 19.8. The second-order valence-electron chi connectivity index (χ2n) is 6.97. The van der Waals surface area contributed by atoms with Gasteiger partial charge in [0.25, 0.3) is 0 Å². The number of hydrogen-bond donors (Lipinski definition) is 0. The molecule has 0 radical (unpaired) electrons. The number of nitrogens with zero attached hydrogens (tertiary/aromatic N) is 2. The molecule has 1 aromatic heterocycles. The largest absolute Gasteiger partial charge is 0.464 e. The van der Waals surface area contributed by atoms with Gasteiger partial charge in [0.2, 0.25) is 11.8 Å². The minimum Gasteiger partial charge on any atom is -0.464 e. The van der Waals surface area contributed by atoms with Crippen molar-refractivity contribution in [3.8, 4) is 0 Å². The third-order valence-electron chi connectivity index (χ3n) is 4.84. The molecule has 0 aliphatic rings. The van der Waals surface area contributed by atoms with Crippen LogP contribution in [0.25, 0.3) is 0 Å². The van der Waals surface area contributed by atoms with Gasteiger partial charge in [-0.05, 0) is 44.4 Å². The molecule has 0 saturated heterocycles. The summed E-state index contributed by atoms with van der Waals surface area (Å²) in [7, 11) is 0. The first-order chi connectivity index (χ1) is 12.9. The van der Waals surface area contributed by atoms with Gasteiger partial charge in [-0.25, -0.2) is 0 Å². The quantitative estimate of drug-likeness (QED) is 0.674. The van der Waals surface area contributed by atoms with Gasteiger partial charge in [-0.15, -0.1) is 0 Å². The van der Waals surface area contributed by atoms with E-state index in [0.717, 1.165) is 24.4 Å². The number of amides is 2. The summed E-state index contributed by atoms with van der Waals surface area (Å²) in [5, 5.41) is 0. The lowest BCUT2D eigenvalue weighted by Crippen LogP contribution is -2.46. The first kappa shape index (κ1) is 20.7. The molecule has 5 heteroatoms. The van der Waals surface area contributed by atoms with E-state index in [2.05, 4.69) is 12.1 Å². The fourth-order valence-corrected chi connectivity index (χ4v) is 3.00. The maximum absolute atomic E-state index is 13.0. The molecule has 5 nitrogen and oxygen atoms in total. The maximum Gasteiger partial charge on any atom is 0.242 e. The number of hydrogen-bond acceptors (Lipinski definition) is 3. The van der Waals surface area contributed by atoms with Crippen LogP contribution in [0.15, 0.2) is 46.9 Å². The molecule has 1 atom stereocenters. The summed E-state index contributed by atoms with van der Waals surface area (Å²) in [6, 6.07) is 13.9. The van der Waals surface area contributed by atoms with Gasteiger partial charge in [0.1, 0.15) is 11.5 Å². The van der Waals surface area contributed by atoms with Crippen molar-refractivity contribution in [1.29, 1.82) is 0 Å². The van der Waals surface area contributed by atoms with Crippen LogP contribution in [0.5, 0.6) is 0 Å². The van der Waals surface area contributed by atoms with Crippen molar-refractivity contribution in [3.63, 3.8) is 0 Å². The highest BCUT2D eigenvalue weighted by Gasteiger charge is 2.23. The Kier molecular flexibility index (Phi) is 7.65. The molecule has 2 aromatic rings. The van der Waals surface area contributed by atoms with Gasteiger partial charge in [0.15, 0.2) is 0 Å². The van der Waals surface area contributed by atoms with Gasteiger partial charge < -0.3 is 14.2 Å². The van der Waals surface area contributed by atoms with Crippen molar-refractivity contribution in [3.05, 3.63) is 59.5 Å². The van der Waals surface area contributed by atoms with Crippen molar-refractivity contribution in [2.24, 2.45) is 0 Å². The number of carbonyl (C=O) groups excluding carboxylic acids is 2. The van der Waals surface area contributed by atoms with Gasteiger partial charge in [-0.1, -0.05) is 37.3 Å². The number of benzene rings is 1. The van der Waals surface area contributed by atoms with Crippen LogP contribution in [0.3, 0.4) is 0 Å². The summed E-state index contributed by atoms with van der Waals surface area (Å²) in [6.45, 7) is 8.48. The van der Waals surface area contributed by atoms with Gasteiger partial charge in [0.05, 0.1) is 13.1 Å². The predicted octanol–water partition coefficient (Wildman–Crippen LogP) is 3.81. The molecule has 0 spiro atoms. The molecule has 2 amide bonds. The molecule has 1 unspecified atom stereocenters. The Bertz CT molecular complexity index is 739. The molecule has 1 heterocycles. The van der Waals surface area contributed by atoms with Crippen molar-refractivity contribution >= 4 is 11.8 Å². The number of rotatable bonds is 9. The number of furan rings is 1. The smallest absolute Gasteiger partial charge is 0.242 e. The first-order valence-corrected chi connectivity index (χ1v) is 9.55. The average molecular weight is 370 g/mol. The molecule has 146 valence electrons. The fraction of sp³-hybridized carbons (Fsp3) is 0.455. The topological polar surface area (TPSA) is 53.8 Å². The number of carbonyl (C=O) groups is 2. The molecule has 2 rings (SSSR count). The van der Waals surface area contributed by atoms with Crippen LogP contribution in [-0.4, -0.2) is 40.7 Å². The Hall–Kier alpha value is -2.56. The molecule has 0 bridgehead atoms. The molecule has 0 aliphatic heterocycles. The average Bonchev–Trinajstić information content (AvgIpc) is 3.07. The van der Waals surface area contributed by atoms with Gasteiger partial charge in [-0.3, -0.25) is 9.59 Å². The molecule has 1 aromatic carbocycles. The van der Waals surface area contributed by atoms with Crippen molar-refractivity contribution in [2.45, 2.75) is 53.1 Å². The molecule has 27 heavy (non-hydrogen) atoms. The van der Waals surface area contributed by atoms with Crippen molar-refractivity contribution in [1.82, 2.24) is 9.80 Å². The highest BCUT2D eigenvalue weighted by molar-refractivity contribution is 5.84. The zero-order valence-corrected chi connectivity index (χ0v) is 16.8. The molecular weight excluding hydrogens is 340 g/mol. The van der Waals surface area contributed by atoms with E-state index in [0.29, 0.717) is 13.1 Å². The Morgan fingerprint density at radius 1 is 1.11 bits per heavy atom. The van der Waals surface area contributed by atoms with E-state index >= 15 is 0 Å². The van der Waals surface area contributed by atoms with Crippen LogP contribution < -0.4 is 0 Å². The van der Waals surface area contributed by atoms with Crippen LogP contribution in [0, 0.1) is 6.92 Å². The van der Waals surface area contributed by atoms with Crippen LogP contribution in [0.4, 0.5) is 0 Å². The lowest BCUT2D eigenvalue weighted by atomic mass is 10.1. The highest BCUT2D eigenvalue weighted by Crippen LogP contribution is 2.13. The Balaban J connectivity index is 2.11. The summed E-state index contributed by atoms with van der Waals surface area (Å²) >= 11 is 0. The highest BCUT2D eigenvalue weighted by atomic mass is 16.3. The van der Waals surface area contributed by atoms with E-state index in [4.69, 9.17) is 4.42 Å². The Morgan fingerprint density at radius 2 is 1.81 bits per heavy atom. The lowest BCUT2D eigenvalue weighted by Gasteiger charge is -2.30. The normalized spacial score (nSPS) is 11.9. The van der Waals surface area contributed by atoms with Gasteiger partial charge in [0, 0.05) is 19.5 Å². The summed E-state index contributed by atoms with van der Waals surface area (Å²) in [5.41, 5.74) is 1.18.